The molecule has 1 heterocycles. The van der Waals surface area contributed by atoms with Gasteiger partial charge in [-0.1, -0.05) is 6.92 Å². The maximum absolute atomic E-state index is 11.7. The summed E-state index contributed by atoms with van der Waals surface area (Å²) >= 11 is 0. The summed E-state index contributed by atoms with van der Waals surface area (Å²) in [6, 6.07) is 0.348. The molecule has 0 aromatic rings. The van der Waals surface area contributed by atoms with E-state index in [1.807, 2.05) is 4.90 Å². The largest absolute Gasteiger partial charge is 0.393 e. The van der Waals surface area contributed by atoms with E-state index in [0.717, 1.165) is 32.1 Å². The third-order valence-electron chi connectivity index (χ3n) is 3.56. The molecule has 0 aromatic carbocycles. The first-order valence-corrected chi connectivity index (χ1v) is 5.95. The Balaban J connectivity index is 1.99. The van der Waals surface area contributed by atoms with Gasteiger partial charge >= 0.3 is 0 Å². The van der Waals surface area contributed by atoms with Crippen LogP contribution in [0.25, 0.3) is 0 Å². The smallest absolute Gasteiger partial charge is 0.238 e. The van der Waals surface area contributed by atoms with Gasteiger partial charge in [0.15, 0.2) is 0 Å². The van der Waals surface area contributed by atoms with Crippen LogP contribution in [0.2, 0.25) is 0 Å². The van der Waals surface area contributed by atoms with E-state index in [4.69, 9.17) is 0 Å². The molecule has 1 aliphatic heterocycles. The monoisotopic (exact) mass is 212 g/mol. The molecule has 1 atom stereocenters. The van der Waals surface area contributed by atoms with Crippen molar-refractivity contribution in [1.29, 1.82) is 0 Å². The Morgan fingerprint density at radius 2 is 2.07 bits per heavy atom. The highest BCUT2D eigenvalue weighted by atomic mass is 16.3. The summed E-state index contributed by atoms with van der Waals surface area (Å²) in [4.78, 5) is 13.7. The number of aliphatic hydroxyl groups excluding tert-OH is 1. The molecule has 15 heavy (non-hydrogen) atoms. The van der Waals surface area contributed by atoms with Gasteiger partial charge in [0.25, 0.3) is 0 Å². The summed E-state index contributed by atoms with van der Waals surface area (Å²) in [6.45, 7) is 2.58. The molecule has 4 heteroatoms. The number of hydrogen-bond acceptors (Lipinski definition) is 3. The molecular formula is C11H20N2O2. The van der Waals surface area contributed by atoms with Crippen molar-refractivity contribution in [3.63, 3.8) is 0 Å². The lowest BCUT2D eigenvalue weighted by molar-refractivity contribution is -0.131. The van der Waals surface area contributed by atoms with E-state index in [1.54, 1.807) is 0 Å². The van der Waals surface area contributed by atoms with Gasteiger partial charge in [0.05, 0.1) is 18.8 Å². The average Bonchev–Trinajstić information content (AvgIpc) is 2.61. The van der Waals surface area contributed by atoms with E-state index in [0.29, 0.717) is 12.6 Å². The number of rotatable bonds is 2. The van der Waals surface area contributed by atoms with Gasteiger partial charge in [0.1, 0.15) is 0 Å². The van der Waals surface area contributed by atoms with Crippen LogP contribution in [0.3, 0.4) is 0 Å². The molecule has 2 aliphatic rings. The molecule has 0 bridgehead atoms. The Labute approximate surface area is 90.6 Å². The summed E-state index contributed by atoms with van der Waals surface area (Å²) < 4.78 is 0. The van der Waals surface area contributed by atoms with Crippen molar-refractivity contribution in [2.24, 2.45) is 0 Å². The maximum Gasteiger partial charge on any atom is 0.238 e. The maximum atomic E-state index is 11.7. The van der Waals surface area contributed by atoms with Gasteiger partial charge < -0.3 is 10.0 Å². The minimum Gasteiger partial charge on any atom is -0.393 e. The van der Waals surface area contributed by atoms with Gasteiger partial charge in [-0.3, -0.25) is 10.1 Å². The number of aliphatic hydroxyl groups is 1. The second-order valence-corrected chi connectivity index (χ2v) is 4.57. The van der Waals surface area contributed by atoms with Gasteiger partial charge in [-0.05, 0) is 32.1 Å². The number of carbonyl (C=O) groups is 1. The lowest BCUT2D eigenvalue weighted by Crippen LogP contribution is -2.46. The van der Waals surface area contributed by atoms with Gasteiger partial charge in [0.2, 0.25) is 5.91 Å². The molecule has 1 saturated carbocycles. The Hall–Kier alpha value is -0.610. The number of carbonyl (C=O) groups excluding carboxylic acids is 1. The van der Waals surface area contributed by atoms with Crippen molar-refractivity contribution in [2.75, 3.05) is 6.54 Å². The van der Waals surface area contributed by atoms with E-state index < -0.39 is 0 Å². The van der Waals surface area contributed by atoms with E-state index in [-0.39, 0.29) is 18.2 Å². The van der Waals surface area contributed by atoms with Crippen LogP contribution in [0.1, 0.15) is 39.0 Å². The minimum atomic E-state index is -0.146. The zero-order valence-electron chi connectivity index (χ0n) is 9.28. The van der Waals surface area contributed by atoms with E-state index >= 15 is 0 Å². The van der Waals surface area contributed by atoms with Gasteiger partial charge in [0, 0.05) is 6.04 Å². The molecule has 0 aromatic heterocycles. The van der Waals surface area contributed by atoms with Gasteiger partial charge in [-0.25, -0.2) is 0 Å². The summed E-state index contributed by atoms with van der Waals surface area (Å²) in [7, 11) is 0. The summed E-state index contributed by atoms with van der Waals surface area (Å²) in [5, 5.41) is 12.7. The fraction of sp³-hybridized carbons (Fsp3) is 0.909. The predicted molar refractivity (Wildman–Crippen MR) is 57.2 cm³/mol. The van der Waals surface area contributed by atoms with E-state index in [2.05, 4.69) is 12.2 Å². The van der Waals surface area contributed by atoms with Gasteiger partial charge in [-0.2, -0.15) is 0 Å². The first-order valence-electron chi connectivity index (χ1n) is 5.95. The molecule has 4 nitrogen and oxygen atoms in total. The SMILES string of the molecule is CCC1NCC(=O)N1C1CCC(O)CC1. The highest BCUT2D eigenvalue weighted by Gasteiger charge is 2.36. The molecule has 1 saturated heterocycles. The lowest BCUT2D eigenvalue weighted by Gasteiger charge is -2.36. The van der Waals surface area contributed by atoms with E-state index in [9.17, 15) is 9.90 Å². The van der Waals surface area contributed by atoms with Crippen LogP contribution in [0.15, 0.2) is 0 Å². The Bertz CT molecular complexity index is 237. The first kappa shape index (κ1) is 10.9. The molecule has 1 unspecified atom stereocenters. The number of amides is 1. The van der Waals surface area contributed by atoms with Crippen molar-refractivity contribution in [3.8, 4) is 0 Å². The van der Waals surface area contributed by atoms with Crippen molar-refractivity contribution >= 4 is 5.91 Å². The molecular weight excluding hydrogens is 192 g/mol. The topological polar surface area (TPSA) is 52.6 Å². The predicted octanol–water partition coefficient (Wildman–Crippen LogP) is 0.458. The molecule has 0 radical (unpaired) electrons. The van der Waals surface area contributed by atoms with Crippen molar-refractivity contribution < 1.29 is 9.90 Å². The van der Waals surface area contributed by atoms with Crippen molar-refractivity contribution in [3.05, 3.63) is 0 Å². The molecule has 1 amide bonds. The zero-order chi connectivity index (χ0) is 10.8. The second-order valence-electron chi connectivity index (χ2n) is 4.57. The Kier molecular flexibility index (Phi) is 3.26. The third kappa shape index (κ3) is 2.16. The Morgan fingerprint density at radius 3 is 2.67 bits per heavy atom. The van der Waals surface area contributed by atoms with Crippen molar-refractivity contribution in [2.45, 2.75) is 57.3 Å². The molecule has 0 spiro atoms. The molecule has 86 valence electrons. The third-order valence-corrected chi connectivity index (χ3v) is 3.56. The van der Waals surface area contributed by atoms with Crippen molar-refractivity contribution in [1.82, 2.24) is 10.2 Å². The second kappa shape index (κ2) is 4.49. The highest BCUT2D eigenvalue weighted by molar-refractivity contribution is 5.81. The summed E-state index contributed by atoms with van der Waals surface area (Å²) in [5.74, 6) is 0.225. The standard InChI is InChI=1S/C11H20N2O2/c1-2-10-12-7-11(15)13(10)8-3-5-9(14)6-4-8/h8-10,12,14H,2-7H2,1H3. The highest BCUT2D eigenvalue weighted by Crippen LogP contribution is 2.26. The van der Waals surface area contributed by atoms with Crippen LogP contribution in [0, 0.1) is 0 Å². The van der Waals surface area contributed by atoms with E-state index in [1.165, 1.54) is 0 Å². The lowest BCUT2D eigenvalue weighted by atomic mass is 9.91. The van der Waals surface area contributed by atoms with Gasteiger partial charge in [-0.15, -0.1) is 0 Å². The van der Waals surface area contributed by atoms with Crippen LogP contribution >= 0.6 is 0 Å². The number of nitrogens with zero attached hydrogens (tertiary/aromatic N) is 1. The summed E-state index contributed by atoms with van der Waals surface area (Å²) in [6.07, 6.45) is 4.61. The molecule has 2 fully saturated rings. The van der Waals surface area contributed by atoms with Crippen LogP contribution in [-0.4, -0.2) is 40.8 Å². The molecule has 1 aliphatic carbocycles. The fourth-order valence-corrected chi connectivity index (χ4v) is 2.70. The first-order chi connectivity index (χ1) is 7.22. The normalized spacial score (nSPS) is 37.3. The average molecular weight is 212 g/mol. The number of nitrogens with one attached hydrogen (secondary N) is 1. The van der Waals surface area contributed by atoms with Crippen LogP contribution in [0.5, 0.6) is 0 Å². The summed E-state index contributed by atoms with van der Waals surface area (Å²) in [5.41, 5.74) is 0. The minimum absolute atomic E-state index is 0.146. The zero-order valence-corrected chi connectivity index (χ0v) is 9.28. The van der Waals surface area contributed by atoms with Crippen LogP contribution in [-0.2, 0) is 4.79 Å². The van der Waals surface area contributed by atoms with Crippen LogP contribution < -0.4 is 5.32 Å². The molecule has 2 rings (SSSR count). The quantitative estimate of drug-likeness (QED) is 0.699. The molecule has 2 N–H and O–H groups in total. The number of hydrogen-bond donors (Lipinski definition) is 2. The van der Waals surface area contributed by atoms with Crippen LogP contribution in [0.4, 0.5) is 0 Å². The fourth-order valence-electron chi connectivity index (χ4n) is 2.70. The Morgan fingerprint density at radius 1 is 1.40 bits per heavy atom.